The first-order valence-electron chi connectivity index (χ1n) is 7.84. The van der Waals surface area contributed by atoms with Gasteiger partial charge in [0.2, 0.25) is 15.9 Å². The number of halogens is 1. The summed E-state index contributed by atoms with van der Waals surface area (Å²) in [5.41, 5.74) is 1.00. The van der Waals surface area contributed by atoms with Crippen LogP contribution in [-0.2, 0) is 21.2 Å². The molecule has 0 radical (unpaired) electrons. The number of hydrogen-bond acceptors (Lipinski definition) is 3. The van der Waals surface area contributed by atoms with Crippen molar-refractivity contribution in [3.63, 3.8) is 0 Å². The first-order chi connectivity index (χ1) is 10.8. The van der Waals surface area contributed by atoms with Crippen LogP contribution < -0.4 is 4.72 Å². The summed E-state index contributed by atoms with van der Waals surface area (Å²) in [4.78, 5) is 14.2. The molecule has 0 aliphatic carbocycles. The Bertz CT molecular complexity index is 631. The van der Waals surface area contributed by atoms with Gasteiger partial charge < -0.3 is 4.90 Å². The molecule has 23 heavy (non-hydrogen) atoms. The van der Waals surface area contributed by atoms with Crippen molar-refractivity contribution in [2.75, 3.05) is 19.3 Å². The van der Waals surface area contributed by atoms with Gasteiger partial charge in [0, 0.05) is 25.6 Å². The second-order valence-corrected chi connectivity index (χ2v) is 7.82. The van der Waals surface area contributed by atoms with Crippen molar-refractivity contribution < 1.29 is 17.6 Å². The lowest BCUT2D eigenvalue weighted by Gasteiger charge is -2.36. The van der Waals surface area contributed by atoms with Gasteiger partial charge in [0.1, 0.15) is 5.82 Å². The third kappa shape index (κ3) is 5.91. The van der Waals surface area contributed by atoms with Crippen molar-refractivity contribution in [3.05, 3.63) is 35.6 Å². The van der Waals surface area contributed by atoms with Gasteiger partial charge in [0.25, 0.3) is 0 Å². The van der Waals surface area contributed by atoms with Crippen LogP contribution in [0.3, 0.4) is 0 Å². The molecule has 1 aliphatic heterocycles. The fourth-order valence-electron chi connectivity index (χ4n) is 2.92. The predicted octanol–water partition coefficient (Wildman–Crippen LogP) is 1.69. The van der Waals surface area contributed by atoms with Gasteiger partial charge in [0.15, 0.2) is 0 Å². The molecule has 1 aliphatic rings. The summed E-state index contributed by atoms with van der Waals surface area (Å²) in [6.07, 6.45) is 4.89. The zero-order valence-corrected chi connectivity index (χ0v) is 14.1. The lowest BCUT2D eigenvalue weighted by atomic mass is 9.95. The molecule has 1 unspecified atom stereocenters. The van der Waals surface area contributed by atoms with Crippen LogP contribution in [0.5, 0.6) is 0 Å². The average Bonchev–Trinajstić information content (AvgIpc) is 2.49. The van der Waals surface area contributed by atoms with Gasteiger partial charge in [-0.1, -0.05) is 12.1 Å². The number of nitrogens with zero attached hydrogens (tertiary/aromatic N) is 1. The van der Waals surface area contributed by atoms with E-state index in [0.29, 0.717) is 13.0 Å². The monoisotopic (exact) mass is 342 g/mol. The minimum Gasteiger partial charge on any atom is -0.339 e. The maximum Gasteiger partial charge on any atom is 0.224 e. The van der Waals surface area contributed by atoms with Crippen molar-refractivity contribution in [3.8, 4) is 0 Å². The van der Waals surface area contributed by atoms with Crippen LogP contribution in [-0.4, -0.2) is 44.6 Å². The highest BCUT2D eigenvalue weighted by Gasteiger charge is 2.26. The molecule has 2 rings (SSSR count). The zero-order chi connectivity index (χ0) is 16.9. The molecule has 1 N–H and O–H groups in total. The van der Waals surface area contributed by atoms with Gasteiger partial charge in [-0.05, 0) is 43.4 Å². The van der Waals surface area contributed by atoms with Crippen molar-refractivity contribution in [1.82, 2.24) is 9.62 Å². The van der Waals surface area contributed by atoms with E-state index < -0.39 is 10.0 Å². The van der Waals surface area contributed by atoms with E-state index in [4.69, 9.17) is 0 Å². The third-order valence-corrected chi connectivity index (χ3v) is 4.76. The number of likely N-dealkylation sites (tertiary alicyclic amines) is 1. The second kappa shape index (κ2) is 7.88. The van der Waals surface area contributed by atoms with E-state index in [-0.39, 0.29) is 30.7 Å². The Labute approximate surface area is 136 Å². The molecule has 0 spiro atoms. The SMILES string of the molecule is CS(=O)(=O)NCCC(=O)N1CCCCC1Cc1ccc(F)cc1. The zero-order valence-electron chi connectivity index (χ0n) is 13.3. The van der Waals surface area contributed by atoms with Gasteiger partial charge in [0.05, 0.1) is 6.26 Å². The van der Waals surface area contributed by atoms with Crippen LogP contribution in [0.4, 0.5) is 4.39 Å². The highest BCUT2D eigenvalue weighted by atomic mass is 32.2. The minimum absolute atomic E-state index is 0.0343. The smallest absolute Gasteiger partial charge is 0.224 e. The molecule has 1 fully saturated rings. The lowest BCUT2D eigenvalue weighted by molar-refractivity contribution is -0.134. The molecule has 7 heteroatoms. The maximum absolute atomic E-state index is 13.0. The van der Waals surface area contributed by atoms with Gasteiger partial charge in [-0.15, -0.1) is 0 Å². The maximum atomic E-state index is 13.0. The highest BCUT2D eigenvalue weighted by Crippen LogP contribution is 2.21. The Balaban J connectivity index is 1.94. The first-order valence-corrected chi connectivity index (χ1v) is 9.73. The number of hydrogen-bond donors (Lipinski definition) is 1. The molecule has 1 saturated heterocycles. The van der Waals surface area contributed by atoms with Crippen LogP contribution in [0.15, 0.2) is 24.3 Å². The molecule has 1 amide bonds. The van der Waals surface area contributed by atoms with Crippen molar-refractivity contribution in [1.29, 1.82) is 0 Å². The second-order valence-electron chi connectivity index (χ2n) is 5.98. The van der Waals surface area contributed by atoms with Crippen LogP contribution >= 0.6 is 0 Å². The quantitative estimate of drug-likeness (QED) is 0.855. The summed E-state index contributed by atoms with van der Waals surface area (Å²) in [7, 11) is -3.27. The summed E-state index contributed by atoms with van der Waals surface area (Å²) in [6.45, 7) is 0.820. The van der Waals surface area contributed by atoms with E-state index in [2.05, 4.69) is 4.72 Å². The molecule has 0 aromatic heterocycles. The topological polar surface area (TPSA) is 66.5 Å². The van der Waals surface area contributed by atoms with Crippen LogP contribution in [0.2, 0.25) is 0 Å². The van der Waals surface area contributed by atoms with Gasteiger partial charge in [-0.25, -0.2) is 17.5 Å². The number of piperidine rings is 1. The Morgan fingerprint density at radius 1 is 1.30 bits per heavy atom. The number of benzene rings is 1. The Morgan fingerprint density at radius 2 is 2.00 bits per heavy atom. The summed E-state index contributed by atoms with van der Waals surface area (Å²) >= 11 is 0. The fourth-order valence-corrected chi connectivity index (χ4v) is 3.39. The molecule has 128 valence electrons. The number of nitrogens with one attached hydrogen (secondary N) is 1. The van der Waals surface area contributed by atoms with E-state index in [1.807, 2.05) is 4.90 Å². The number of rotatable bonds is 6. The Hall–Kier alpha value is -1.47. The van der Waals surface area contributed by atoms with Crippen molar-refractivity contribution >= 4 is 15.9 Å². The molecule has 0 saturated carbocycles. The molecule has 1 aromatic carbocycles. The predicted molar refractivity (Wildman–Crippen MR) is 86.9 cm³/mol. The van der Waals surface area contributed by atoms with Gasteiger partial charge in [-0.3, -0.25) is 4.79 Å². The van der Waals surface area contributed by atoms with Gasteiger partial charge >= 0.3 is 0 Å². The Kier molecular flexibility index (Phi) is 6.12. The summed E-state index contributed by atoms with van der Waals surface area (Å²) in [5.74, 6) is -0.301. The number of carbonyl (C=O) groups is 1. The number of sulfonamides is 1. The normalized spacial score (nSPS) is 18.9. The first kappa shape index (κ1) is 17.9. The van der Waals surface area contributed by atoms with Crippen molar-refractivity contribution in [2.45, 2.75) is 38.1 Å². The summed E-state index contributed by atoms with van der Waals surface area (Å²) < 4.78 is 37.4. The van der Waals surface area contributed by atoms with Gasteiger partial charge in [-0.2, -0.15) is 0 Å². The molecular weight excluding hydrogens is 319 g/mol. The molecule has 1 heterocycles. The number of carbonyl (C=O) groups excluding carboxylic acids is 1. The standard InChI is InChI=1S/C16H23FN2O3S/c1-23(21,22)18-10-9-16(20)19-11-3-2-4-15(19)12-13-5-7-14(17)8-6-13/h5-8,15,18H,2-4,9-12H2,1H3. The molecule has 0 bridgehead atoms. The van der Waals surface area contributed by atoms with E-state index >= 15 is 0 Å². The molecule has 1 aromatic rings. The van der Waals surface area contributed by atoms with E-state index in [1.54, 1.807) is 12.1 Å². The van der Waals surface area contributed by atoms with Crippen LogP contribution in [0, 0.1) is 5.82 Å². The fraction of sp³-hybridized carbons (Fsp3) is 0.562. The van der Waals surface area contributed by atoms with E-state index in [1.165, 1.54) is 12.1 Å². The molecular formula is C16H23FN2O3S. The van der Waals surface area contributed by atoms with Crippen molar-refractivity contribution in [2.24, 2.45) is 0 Å². The van der Waals surface area contributed by atoms with Crippen LogP contribution in [0.25, 0.3) is 0 Å². The van der Waals surface area contributed by atoms with E-state index in [9.17, 15) is 17.6 Å². The summed E-state index contributed by atoms with van der Waals surface area (Å²) in [5, 5.41) is 0. The van der Waals surface area contributed by atoms with E-state index in [0.717, 1.165) is 31.1 Å². The Morgan fingerprint density at radius 3 is 2.65 bits per heavy atom. The average molecular weight is 342 g/mol. The lowest BCUT2D eigenvalue weighted by Crippen LogP contribution is -2.45. The highest BCUT2D eigenvalue weighted by molar-refractivity contribution is 7.88. The summed E-state index contributed by atoms with van der Waals surface area (Å²) in [6, 6.07) is 6.45. The largest absolute Gasteiger partial charge is 0.339 e. The molecule has 5 nitrogen and oxygen atoms in total. The number of amides is 1. The molecule has 1 atom stereocenters. The minimum atomic E-state index is -3.27. The third-order valence-electron chi connectivity index (χ3n) is 4.04. The van der Waals surface area contributed by atoms with Crippen LogP contribution in [0.1, 0.15) is 31.2 Å².